The van der Waals surface area contributed by atoms with Gasteiger partial charge in [0.05, 0.1) is 0 Å². The molecule has 0 aromatic heterocycles. The first-order chi connectivity index (χ1) is 8.16. The molecule has 2 heteroatoms. The van der Waals surface area contributed by atoms with E-state index in [-0.39, 0.29) is 7.92 Å². The molecule has 0 heterocycles. The van der Waals surface area contributed by atoms with E-state index < -0.39 is 0 Å². The van der Waals surface area contributed by atoms with Gasteiger partial charge in [0, 0.05) is 0 Å². The molecule has 0 radical (unpaired) electrons. The van der Waals surface area contributed by atoms with E-state index in [9.17, 15) is 4.57 Å². The van der Waals surface area contributed by atoms with Gasteiger partial charge in [-0.15, -0.1) is 0 Å². The van der Waals surface area contributed by atoms with Crippen molar-refractivity contribution < 1.29 is 4.57 Å². The van der Waals surface area contributed by atoms with Crippen molar-refractivity contribution >= 4 is 7.92 Å². The molecule has 0 spiro atoms. The van der Waals surface area contributed by atoms with E-state index in [1.54, 1.807) is 0 Å². The van der Waals surface area contributed by atoms with Gasteiger partial charge in [0.25, 0.3) is 0 Å². The van der Waals surface area contributed by atoms with Crippen LogP contribution in [0.3, 0.4) is 0 Å². The van der Waals surface area contributed by atoms with E-state index in [0.29, 0.717) is 5.92 Å². The molecule has 0 bridgehead atoms. The monoisotopic (exact) mass is 256 g/mol. The second-order valence-electron chi connectivity index (χ2n) is 5.57. The summed E-state index contributed by atoms with van der Waals surface area (Å²) >= 11 is 0. The van der Waals surface area contributed by atoms with Gasteiger partial charge < -0.3 is 0 Å². The van der Waals surface area contributed by atoms with Crippen LogP contribution < -0.4 is 0 Å². The van der Waals surface area contributed by atoms with E-state index in [1.165, 1.54) is 51.4 Å². The van der Waals surface area contributed by atoms with Crippen LogP contribution in [-0.2, 0) is 4.57 Å². The molecule has 0 aliphatic rings. The summed E-state index contributed by atoms with van der Waals surface area (Å²) < 4.78 is 10.3. The van der Waals surface area contributed by atoms with Crippen LogP contribution in [0.2, 0.25) is 0 Å². The Labute approximate surface area is 109 Å². The van der Waals surface area contributed by atoms with Crippen LogP contribution in [0.25, 0.3) is 0 Å². The van der Waals surface area contributed by atoms with Crippen molar-refractivity contribution in [1.29, 1.82) is 0 Å². The van der Waals surface area contributed by atoms with Gasteiger partial charge in [0.15, 0.2) is 0 Å². The van der Waals surface area contributed by atoms with E-state index in [0.717, 1.165) is 12.3 Å². The molecule has 1 nitrogen and oxygen atoms in total. The zero-order chi connectivity index (χ0) is 12.9. The van der Waals surface area contributed by atoms with Crippen LogP contribution in [0.15, 0.2) is 0 Å². The third-order valence-electron chi connectivity index (χ3n) is 3.19. The molecule has 0 aliphatic carbocycles. The fourth-order valence-corrected chi connectivity index (χ4v) is 2.35. The molecule has 100 valence electrons. The summed E-state index contributed by atoms with van der Waals surface area (Å²) in [4.78, 5) is 0. The maximum atomic E-state index is 10.3. The van der Waals surface area contributed by atoms with Gasteiger partial charge >= 0.3 is 94.7 Å². The third-order valence-corrected chi connectivity index (χ3v) is 3.74. The first-order valence-corrected chi connectivity index (χ1v) is 8.06. The quantitative estimate of drug-likeness (QED) is 0.344. The predicted octanol–water partition coefficient (Wildman–Crippen LogP) is 6.04. The Balaban J connectivity index is 3.13. The average Bonchev–Trinajstić information content (AvgIpc) is 2.27. The second-order valence-corrected chi connectivity index (χ2v) is 6.01. The Morgan fingerprint density at radius 1 is 0.824 bits per heavy atom. The molecular formula is C15H29OP. The Kier molecular flexibility index (Phi) is 12.5. The van der Waals surface area contributed by atoms with E-state index >= 15 is 0 Å². The van der Waals surface area contributed by atoms with Crippen molar-refractivity contribution in [1.82, 2.24) is 0 Å². The molecule has 0 fully saturated rings. The molecule has 17 heavy (non-hydrogen) atoms. The Hall–Kier alpha value is 0.01000. The fraction of sp³-hybridized carbons (Fsp3) is 0.933. The number of hydrogen-bond acceptors (Lipinski definition) is 1. The summed E-state index contributed by atoms with van der Waals surface area (Å²) in [6.07, 6.45) is 12.1. The average molecular weight is 256 g/mol. The minimum absolute atomic E-state index is 0.0686. The molecule has 0 saturated carbocycles. The maximum absolute atomic E-state index is 10.3. The first kappa shape index (κ1) is 17.0. The summed E-state index contributed by atoms with van der Waals surface area (Å²) in [5.41, 5.74) is 2.89. The normalized spacial score (nSPS) is 12.5. The molecule has 1 atom stereocenters. The van der Waals surface area contributed by atoms with Crippen LogP contribution in [0.1, 0.15) is 78.6 Å². The zero-order valence-electron chi connectivity index (χ0n) is 11.9. The Morgan fingerprint density at radius 3 is 1.76 bits per heavy atom. The van der Waals surface area contributed by atoms with Crippen molar-refractivity contribution in [3.8, 4) is 5.63 Å². The number of rotatable bonds is 10. The minimum atomic E-state index is 0.0686. The molecular weight excluding hydrogens is 227 g/mol. The van der Waals surface area contributed by atoms with Gasteiger partial charge in [-0.2, -0.15) is 0 Å². The summed E-state index contributed by atoms with van der Waals surface area (Å²) in [6.45, 7) is 6.70. The zero-order valence-corrected chi connectivity index (χ0v) is 12.8. The standard InChI is InChI=1S/C15H29OP/c1-14(2)11-9-7-5-4-6-8-10-12-15(3)13-17-16/h14-15H,4-12H2,1-3H3. The first-order valence-electron chi connectivity index (χ1n) is 7.24. The molecule has 1 unspecified atom stereocenters. The summed E-state index contributed by atoms with van der Waals surface area (Å²) in [5, 5.41) is 0. The SMILES string of the molecule is CC(C)CCCCCCCCCC(C)C#P=O. The van der Waals surface area contributed by atoms with Gasteiger partial charge in [-0.05, 0) is 0 Å². The van der Waals surface area contributed by atoms with Gasteiger partial charge in [-0.25, -0.2) is 0 Å². The summed E-state index contributed by atoms with van der Waals surface area (Å²) in [5.74, 6) is 1.25. The van der Waals surface area contributed by atoms with E-state index in [2.05, 4.69) is 26.4 Å². The predicted molar refractivity (Wildman–Crippen MR) is 77.0 cm³/mol. The van der Waals surface area contributed by atoms with Gasteiger partial charge in [-0.3, -0.25) is 0 Å². The Bertz CT molecular complexity index is 253. The summed E-state index contributed by atoms with van der Waals surface area (Å²) in [7, 11) is 0.0686. The van der Waals surface area contributed by atoms with Crippen molar-refractivity contribution in [2.75, 3.05) is 0 Å². The third kappa shape index (κ3) is 13.9. The van der Waals surface area contributed by atoms with Gasteiger partial charge in [0.2, 0.25) is 0 Å². The van der Waals surface area contributed by atoms with Crippen molar-refractivity contribution in [2.45, 2.75) is 78.6 Å². The molecule has 0 aromatic rings. The van der Waals surface area contributed by atoms with Crippen LogP contribution >= 0.6 is 7.92 Å². The molecule has 0 rings (SSSR count). The molecule has 0 amide bonds. The van der Waals surface area contributed by atoms with Crippen LogP contribution in [0, 0.1) is 17.5 Å². The number of unbranched alkanes of at least 4 members (excludes halogenated alkanes) is 6. The fourth-order valence-electron chi connectivity index (χ4n) is 2.04. The molecule has 0 aromatic carbocycles. The van der Waals surface area contributed by atoms with Crippen LogP contribution in [0.4, 0.5) is 0 Å². The van der Waals surface area contributed by atoms with Crippen molar-refractivity contribution in [3.05, 3.63) is 0 Å². The van der Waals surface area contributed by atoms with E-state index in [4.69, 9.17) is 0 Å². The van der Waals surface area contributed by atoms with Crippen LogP contribution in [-0.4, -0.2) is 0 Å². The topological polar surface area (TPSA) is 17.1 Å². The van der Waals surface area contributed by atoms with Crippen molar-refractivity contribution in [3.63, 3.8) is 0 Å². The molecule has 0 aliphatic heterocycles. The summed E-state index contributed by atoms with van der Waals surface area (Å²) in [6, 6.07) is 0. The molecule has 0 saturated heterocycles. The van der Waals surface area contributed by atoms with Gasteiger partial charge in [-0.1, -0.05) is 13.8 Å². The second kappa shape index (κ2) is 12.5. The van der Waals surface area contributed by atoms with E-state index in [1.807, 2.05) is 0 Å². The molecule has 0 N–H and O–H groups in total. The van der Waals surface area contributed by atoms with Crippen molar-refractivity contribution in [2.24, 2.45) is 11.8 Å². The van der Waals surface area contributed by atoms with Gasteiger partial charge in [0.1, 0.15) is 0 Å². The van der Waals surface area contributed by atoms with Crippen LogP contribution in [0.5, 0.6) is 0 Å². The number of hydrogen-bond donors (Lipinski definition) is 0. The Morgan fingerprint density at radius 2 is 1.29 bits per heavy atom.